The summed E-state index contributed by atoms with van der Waals surface area (Å²) in [6.07, 6.45) is -3.05. The van der Waals surface area contributed by atoms with E-state index in [2.05, 4.69) is 11.8 Å². The van der Waals surface area contributed by atoms with Crippen LogP contribution in [-0.2, 0) is 11.2 Å². The van der Waals surface area contributed by atoms with Gasteiger partial charge in [-0.3, -0.25) is 0 Å². The fraction of sp³-hybridized carbons (Fsp3) is 0.440. The third-order valence-corrected chi connectivity index (χ3v) is 6.36. The van der Waals surface area contributed by atoms with Gasteiger partial charge in [0, 0.05) is 11.3 Å². The highest BCUT2D eigenvalue weighted by molar-refractivity contribution is 5.51. The van der Waals surface area contributed by atoms with Crippen LogP contribution in [0, 0.1) is 11.8 Å². The van der Waals surface area contributed by atoms with E-state index >= 15 is 0 Å². The Hall–Kier alpha value is -2.44. The summed E-state index contributed by atoms with van der Waals surface area (Å²) in [4.78, 5) is 0. The highest BCUT2D eigenvalue weighted by Crippen LogP contribution is 2.34. The fourth-order valence-corrected chi connectivity index (χ4v) is 4.08. The molecule has 5 atom stereocenters. The lowest BCUT2D eigenvalue weighted by Crippen LogP contribution is -2.55. The van der Waals surface area contributed by atoms with E-state index in [0.717, 1.165) is 36.0 Å². The topological polar surface area (TPSA) is 136 Å². The Morgan fingerprint density at radius 2 is 1.72 bits per heavy atom. The van der Waals surface area contributed by atoms with Crippen molar-refractivity contribution in [2.24, 2.45) is 0 Å². The minimum absolute atomic E-state index is 0.476. The zero-order valence-electron chi connectivity index (χ0n) is 17.7. The van der Waals surface area contributed by atoms with E-state index < -0.39 is 42.7 Å². The van der Waals surface area contributed by atoms with Crippen molar-refractivity contribution in [3.8, 4) is 11.8 Å². The van der Waals surface area contributed by atoms with Crippen LogP contribution in [0.3, 0.4) is 0 Å². The third kappa shape index (κ3) is 4.66. The molecule has 1 unspecified atom stereocenters. The van der Waals surface area contributed by atoms with Gasteiger partial charge in [0.2, 0.25) is 0 Å². The number of ether oxygens (including phenoxy) is 1. The molecule has 2 aromatic rings. The van der Waals surface area contributed by atoms with Gasteiger partial charge in [0.1, 0.15) is 36.1 Å². The normalized spacial score (nSPS) is 29.0. The molecule has 0 aromatic heterocycles. The number of nitrogens with two attached hydrogens (primary N) is 1. The second kappa shape index (κ2) is 9.20. The van der Waals surface area contributed by atoms with Gasteiger partial charge < -0.3 is 36.0 Å². The van der Waals surface area contributed by atoms with Gasteiger partial charge in [-0.2, -0.15) is 0 Å². The molecule has 0 amide bonds. The maximum atomic E-state index is 10.4. The van der Waals surface area contributed by atoms with Crippen LogP contribution < -0.4 is 5.73 Å². The molecule has 7 nitrogen and oxygen atoms in total. The predicted molar refractivity (Wildman–Crippen MR) is 119 cm³/mol. The van der Waals surface area contributed by atoms with Crippen molar-refractivity contribution in [1.29, 1.82) is 0 Å². The first-order chi connectivity index (χ1) is 15.3. The van der Waals surface area contributed by atoms with Gasteiger partial charge >= 0.3 is 0 Å². The molecule has 1 aliphatic heterocycles. The van der Waals surface area contributed by atoms with Gasteiger partial charge in [-0.25, -0.2) is 0 Å². The number of hydrogen-bond acceptors (Lipinski definition) is 7. The number of aliphatic hydroxyl groups is 5. The molecule has 32 heavy (non-hydrogen) atoms. The highest BCUT2D eigenvalue weighted by Gasteiger charge is 2.44. The molecule has 2 aromatic carbocycles. The van der Waals surface area contributed by atoms with Crippen LogP contribution in [0.15, 0.2) is 42.5 Å². The molecule has 7 heteroatoms. The number of nitrogen functional groups attached to an aromatic ring is 1. The maximum Gasteiger partial charge on any atom is 0.125 e. The van der Waals surface area contributed by atoms with Crippen molar-refractivity contribution in [2.45, 2.75) is 61.8 Å². The SMILES string of the molecule is Nc1ccc([C@@H]2O[C@H](CO)[C@@H](O)C(O)[C@H]2O)cc1Cc1ccc(C#CC2(O)CCC2)cc1. The van der Waals surface area contributed by atoms with Gasteiger partial charge in [0.25, 0.3) is 0 Å². The first-order valence-electron chi connectivity index (χ1n) is 10.8. The van der Waals surface area contributed by atoms with E-state index in [-0.39, 0.29) is 0 Å². The third-order valence-electron chi connectivity index (χ3n) is 6.36. The number of rotatable bonds is 4. The lowest BCUT2D eigenvalue weighted by atomic mass is 9.81. The second-order valence-corrected chi connectivity index (χ2v) is 8.72. The van der Waals surface area contributed by atoms with E-state index in [1.165, 1.54) is 0 Å². The predicted octanol–water partition coefficient (Wildman–Crippen LogP) is 0.641. The number of anilines is 1. The minimum atomic E-state index is -1.43. The lowest BCUT2D eigenvalue weighted by Gasteiger charge is -2.40. The summed E-state index contributed by atoms with van der Waals surface area (Å²) in [5.74, 6) is 5.98. The number of benzene rings is 2. The van der Waals surface area contributed by atoms with E-state index in [9.17, 15) is 25.5 Å². The number of hydrogen-bond donors (Lipinski definition) is 6. The zero-order valence-corrected chi connectivity index (χ0v) is 17.7. The maximum absolute atomic E-state index is 10.4. The zero-order chi connectivity index (χ0) is 22.9. The molecule has 0 bridgehead atoms. The average Bonchev–Trinajstić information content (AvgIpc) is 2.77. The largest absolute Gasteiger partial charge is 0.398 e. The Balaban J connectivity index is 1.51. The molecule has 1 aliphatic carbocycles. The van der Waals surface area contributed by atoms with Gasteiger partial charge in [0.05, 0.1) is 6.61 Å². The summed E-state index contributed by atoms with van der Waals surface area (Å²) in [5, 5.41) is 50.0. The second-order valence-electron chi connectivity index (χ2n) is 8.72. The Labute approximate surface area is 187 Å². The summed E-state index contributed by atoms with van der Waals surface area (Å²) in [6.45, 7) is -0.476. The molecule has 2 fully saturated rings. The fourth-order valence-electron chi connectivity index (χ4n) is 4.08. The summed E-state index contributed by atoms with van der Waals surface area (Å²) in [6, 6.07) is 12.9. The first-order valence-corrected chi connectivity index (χ1v) is 10.8. The monoisotopic (exact) mass is 439 g/mol. The summed E-state index contributed by atoms with van der Waals surface area (Å²) < 4.78 is 5.66. The van der Waals surface area contributed by atoms with Crippen LogP contribution in [0.4, 0.5) is 5.69 Å². The smallest absolute Gasteiger partial charge is 0.125 e. The summed E-state index contributed by atoms with van der Waals surface area (Å²) in [5.41, 5.74) is 9.17. The molecule has 0 radical (unpaired) electrons. The van der Waals surface area contributed by atoms with Crippen LogP contribution in [0.5, 0.6) is 0 Å². The molecule has 2 aliphatic rings. The quantitative estimate of drug-likeness (QED) is 0.304. The van der Waals surface area contributed by atoms with E-state index in [0.29, 0.717) is 17.7 Å². The number of aliphatic hydroxyl groups excluding tert-OH is 4. The molecular weight excluding hydrogens is 410 g/mol. The molecule has 0 spiro atoms. The Morgan fingerprint density at radius 1 is 1.00 bits per heavy atom. The average molecular weight is 440 g/mol. The van der Waals surface area contributed by atoms with Crippen molar-refractivity contribution in [3.63, 3.8) is 0 Å². The summed E-state index contributed by atoms with van der Waals surface area (Å²) >= 11 is 0. The van der Waals surface area contributed by atoms with Crippen molar-refractivity contribution in [1.82, 2.24) is 0 Å². The van der Waals surface area contributed by atoms with Gasteiger partial charge in [-0.15, -0.1) is 0 Å². The minimum Gasteiger partial charge on any atom is -0.398 e. The van der Waals surface area contributed by atoms with E-state index in [1.54, 1.807) is 12.1 Å². The van der Waals surface area contributed by atoms with Crippen molar-refractivity contribution in [3.05, 3.63) is 64.7 Å². The molecule has 1 heterocycles. The highest BCUT2D eigenvalue weighted by atomic mass is 16.5. The van der Waals surface area contributed by atoms with Gasteiger partial charge in [0.15, 0.2) is 0 Å². The van der Waals surface area contributed by atoms with Crippen molar-refractivity contribution in [2.75, 3.05) is 12.3 Å². The molecule has 4 rings (SSSR count). The van der Waals surface area contributed by atoms with E-state index in [4.69, 9.17) is 10.5 Å². The van der Waals surface area contributed by atoms with Crippen LogP contribution in [0.2, 0.25) is 0 Å². The van der Waals surface area contributed by atoms with Crippen LogP contribution >= 0.6 is 0 Å². The molecule has 170 valence electrons. The van der Waals surface area contributed by atoms with Crippen LogP contribution in [0.1, 0.15) is 47.6 Å². The van der Waals surface area contributed by atoms with Gasteiger partial charge in [-0.05, 0) is 60.6 Å². The molecule has 7 N–H and O–H groups in total. The Bertz CT molecular complexity index is 1010. The van der Waals surface area contributed by atoms with Crippen LogP contribution in [0.25, 0.3) is 0 Å². The van der Waals surface area contributed by atoms with Crippen molar-refractivity contribution >= 4 is 5.69 Å². The molecule has 1 saturated carbocycles. The molecular formula is C25H29NO6. The Morgan fingerprint density at radius 3 is 2.34 bits per heavy atom. The Kier molecular flexibility index (Phi) is 6.54. The first kappa shape index (κ1) is 22.7. The van der Waals surface area contributed by atoms with E-state index in [1.807, 2.05) is 30.3 Å². The van der Waals surface area contributed by atoms with Crippen LogP contribution in [-0.4, -0.2) is 62.2 Å². The van der Waals surface area contributed by atoms with Crippen molar-refractivity contribution < 1.29 is 30.3 Å². The van der Waals surface area contributed by atoms with Gasteiger partial charge in [-0.1, -0.05) is 36.1 Å². The standard InChI is InChI=1S/C25H29NO6/c26-19-7-6-17(24-23(30)22(29)21(28)20(14-27)32-24)13-18(19)12-16-4-2-15(3-5-16)8-11-25(31)9-1-10-25/h2-7,13,20-24,27-31H,1,9-10,12,14,26H2/t20-,21-,22?,23-,24+/m1/s1. The molecule has 1 saturated heterocycles. The lowest BCUT2D eigenvalue weighted by molar-refractivity contribution is -0.231. The summed E-state index contributed by atoms with van der Waals surface area (Å²) in [7, 11) is 0.